The smallest absolute Gasteiger partial charge is 0.186 e. The number of hydrogen-bond acceptors (Lipinski definition) is 5. The van der Waals surface area contributed by atoms with Crippen LogP contribution in [0.25, 0.3) is 0 Å². The summed E-state index contributed by atoms with van der Waals surface area (Å²) in [6.07, 6.45) is 4.31. The van der Waals surface area contributed by atoms with E-state index < -0.39 is 0 Å². The molecule has 0 saturated carbocycles. The SMILES string of the molecule is COC1N(SC)CCN1SC. The van der Waals surface area contributed by atoms with Crippen molar-refractivity contribution in [2.75, 3.05) is 32.7 Å². The predicted molar refractivity (Wildman–Crippen MR) is 51.2 cm³/mol. The fraction of sp³-hybridized carbons (Fsp3) is 1.00. The molecule has 1 rings (SSSR count). The fourth-order valence-corrected chi connectivity index (χ4v) is 2.51. The maximum Gasteiger partial charge on any atom is 0.186 e. The molecule has 0 radical (unpaired) electrons. The largest absolute Gasteiger partial charge is 0.351 e. The Morgan fingerprint density at radius 3 is 1.91 bits per heavy atom. The quantitative estimate of drug-likeness (QED) is 0.623. The summed E-state index contributed by atoms with van der Waals surface area (Å²) in [7, 11) is 1.75. The predicted octanol–water partition coefficient (Wildman–Crippen LogP) is 1.09. The van der Waals surface area contributed by atoms with Gasteiger partial charge in [-0.3, -0.25) is 0 Å². The van der Waals surface area contributed by atoms with Crippen LogP contribution in [0.2, 0.25) is 0 Å². The Balaban J connectivity index is 2.48. The third kappa shape index (κ3) is 2.03. The summed E-state index contributed by atoms with van der Waals surface area (Å²) in [5.74, 6) is 0. The zero-order chi connectivity index (χ0) is 8.27. The number of rotatable bonds is 3. The molecule has 0 aliphatic carbocycles. The molecule has 1 heterocycles. The molecule has 5 heteroatoms. The number of hydrogen-bond donors (Lipinski definition) is 0. The molecule has 1 aliphatic heterocycles. The molecular weight excluding hydrogens is 180 g/mol. The molecule has 0 aromatic heterocycles. The van der Waals surface area contributed by atoms with Crippen molar-refractivity contribution in [1.29, 1.82) is 0 Å². The molecule has 1 aliphatic rings. The van der Waals surface area contributed by atoms with Gasteiger partial charge in [0.15, 0.2) is 6.35 Å². The van der Waals surface area contributed by atoms with Crippen LogP contribution < -0.4 is 0 Å². The highest BCUT2D eigenvalue weighted by atomic mass is 32.2. The lowest BCUT2D eigenvalue weighted by molar-refractivity contribution is -0.0107. The van der Waals surface area contributed by atoms with E-state index >= 15 is 0 Å². The lowest BCUT2D eigenvalue weighted by Gasteiger charge is -2.24. The molecule has 1 saturated heterocycles. The van der Waals surface area contributed by atoms with Crippen molar-refractivity contribution in [3.05, 3.63) is 0 Å². The van der Waals surface area contributed by atoms with E-state index in [0.29, 0.717) is 0 Å². The molecule has 0 spiro atoms. The van der Waals surface area contributed by atoms with Crippen LogP contribution in [0.4, 0.5) is 0 Å². The lowest BCUT2D eigenvalue weighted by Crippen LogP contribution is -2.32. The summed E-state index contributed by atoms with van der Waals surface area (Å²) in [4.78, 5) is 0. The van der Waals surface area contributed by atoms with Crippen LogP contribution in [0, 0.1) is 0 Å². The topological polar surface area (TPSA) is 15.7 Å². The van der Waals surface area contributed by atoms with Crippen LogP contribution in [-0.4, -0.2) is 47.7 Å². The Morgan fingerprint density at radius 1 is 1.18 bits per heavy atom. The molecular formula is C6H14N2OS2. The van der Waals surface area contributed by atoms with Crippen molar-refractivity contribution in [2.45, 2.75) is 6.35 Å². The van der Waals surface area contributed by atoms with E-state index in [1.807, 2.05) is 0 Å². The second-order valence-corrected chi connectivity index (χ2v) is 3.88. The zero-order valence-corrected chi connectivity index (χ0v) is 8.74. The third-order valence-corrected chi connectivity index (χ3v) is 3.38. The Labute approximate surface area is 76.7 Å². The second-order valence-electron chi connectivity index (χ2n) is 2.21. The van der Waals surface area contributed by atoms with Gasteiger partial charge in [-0.15, -0.1) is 0 Å². The average molecular weight is 194 g/mol. The molecule has 0 bridgehead atoms. The monoisotopic (exact) mass is 194 g/mol. The summed E-state index contributed by atoms with van der Waals surface area (Å²) in [5.41, 5.74) is 0. The molecule has 11 heavy (non-hydrogen) atoms. The van der Waals surface area contributed by atoms with E-state index in [1.165, 1.54) is 0 Å². The van der Waals surface area contributed by atoms with Crippen molar-refractivity contribution in [3.8, 4) is 0 Å². The average Bonchev–Trinajstić information content (AvgIpc) is 2.45. The molecule has 1 fully saturated rings. The van der Waals surface area contributed by atoms with Crippen LogP contribution in [-0.2, 0) is 4.74 Å². The molecule has 0 amide bonds. The van der Waals surface area contributed by atoms with E-state index in [0.717, 1.165) is 13.1 Å². The maximum absolute atomic E-state index is 5.33. The third-order valence-electron chi connectivity index (χ3n) is 1.71. The van der Waals surface area contributed by atoms with Gasteiger partial charge in [0.25, 0.3) is 0 Å². The molecule has 0 atom stereocenters. The minimum Gasteiger partial charge on any atom is -0.351 e. The highest BCUT2D eigenvalue weighted by Gasteiger charge is 2.30. The van der Waals surface area contributed by atoms with E-state index in [-0.39, 0.29) is 6.35 Å². The van der Waals surface area contributed by atoms with Crippen LogP contribution in [0.15, 0.2) is 0 Å². The van der Waals surface area contributed by atoms with E-state index in [1.54, 1.807) is 31.0 Å². The van der Waals surface area contributed by atoms with Gasteiger partial charge in [-0.05, 0) is 12.5 Å². The molecule has 3 nitrogen and oxygen atoms in total. The summed E-state index contributed by atoms with van der Waals surface area (Å²) >= 11 is 3.48. The van der Waals surface area contributed by atoms with Gasteiger partial charge >= 0.3 is 0 Å². The first kappa shape index (κ1) is 9.67. The first-order chi connectivity index (χ1) is 5.33. The van der Waals surface area contributed by atoms with Gasteiger partial charge in [-0.2, -0.15) is 0 Å². The van der Waals surface area contributed by atoms with E-state index in [9.17, 15) is 0 Å². The first-order valence-corrected chi connectivity index (χ1v) is 5.84. The van der Waals surface area contributed by atoms with Crippen molar-refractivity contribution >= 4 is 23.9 Å². The van der Waals surface area contributed by atoms with Crippen molar-refractivity contribution in [1.82, 2.24) is 8.61 Å². The fourth-order valence-electron chi connectivity index (χ4n) is 1.16. The Bertz CT molecular complexity index is 113. The van der Waals surface area contributed by atoms with Crippen LogP contribution in [0.3, 0.4) is 0 Å². The van der Waals surface area contributed by atoms with Gasteiger partial charge in [0.05, 0.1) is 0 Å². The standard InChI is InChI=1S/C6H14N2OS2/c1-9-6-7(10-2)4-5-8(6)11-3/h6H,4-5H2,1-3H3. The van der Waals surface area contributed by atoms with Gasteiger partial charge in [-0.1, -0.05) is 23.9 Å². The number of ether oxygens (including phenoxy) is 1. The summed E-state index contributed by atoms with van der Waals surface area (Å²) in [5, 5.41) is 0. The van der Waals surface area contributed by atoms with Gasteiger partial charge < -0.3 is 4.74 Å². The number of nitrogens with zero attached hydrogens (tertiary/aromatic N) is 2. The van der Waals surface area contributed by atoms with Gasteiger partial charge in [-0.25, -0.2) is 8.61 Å². The van der Waals surface area contributed by atoms with Crippen molar-refractivity contribution in [2.24, 2.45) is 0 Å². The highest BCUT2D eigenvalue weighted by Crippen LogP contribution is 2.25. The molecule has 0 unspecified atom stereocenters. The Morgan fingerprint density at radius 2 is 1.64 bits per heavy atom. The lowest BCUT2D eigenvalue weighted by atomic mass is 10.7. The highest BCUT2D eigenvalue weighted by molar-refractivity contribution is 7.97. The molecule has 66 valence electrons. The Kier molecular flexibility index (Phi) is 4.01. The minimum atomic E-state index is 0.153. The van der Waals surface area contributed by atoms with Crippen molar-refractivity contribution < 1.29 is 4.74 Å². The van der Waals surface area contributed by atoms with Gasteiger partial charge in [0.1, 0.15) is 0 Å². The molecule has 0 N–H and O–H groups in total. The maximum atomic E-state index is 5.33. The van der Waals surface area contributed by atoms with Crippen molar-refractivity contribution in [3.63, 3.8) is 0 Å². The second kappa shape index (κ2) is 4.57. The molecule has 0 aromatic rings. The molecule has 0 aromatic carbocycles. The summed E-state index contributed by atoms with van der Waals surface area (Å²) < 4.78 is 9.79. The first-order valence-electron chi connectivity index (χ1n) is 3.47. The van der Waals surface area contributed by atoms with Gasteiger partial charge in [0.2, 0.25) is 0 Å². The van der Waals surface area contributed by atoms with Crippen LogP contribution in [0.1, 0.15) is 0 Å². The zero-order valence-electron chi connectivity index (χ0n) is 7.11. The van der Waals surface area contributed by atoms with Crippen LogP contribution in [0.5, 0.6) is 0 Å². The summed E-state index contributed by atoms with van der Waals surface area (Å²) in [6, 6.07) is 0. The number of methoxy groups -OCH3 is 1. The van der Waals surface area contributed by atoms with Crippen LogP contribution >= 0.6 is 23.9 Å². The Hall–Kier alpha value is 0.580. The normalized spacial score (nSPS) is 23.2. The van der Waals surface area contributed by atoms with Gasteiger partial charge in [0, 0.05) is 20.2 Å². The van der Waals surface area contributed by atoms with E-state index in [4.69, 9.17) is 4.74 Å². The van der Waals surface area contributed by atoms with E-state index in [2.05, 4.69) is 21.1 Å². The summed E-state index contributed by atoms with van der Waals surface area (Å²) in [6.45, 7) is 2.17. The minimum absolute atomic E-state index is 0.153.